The van der Waals surface area contributed by atoms with E-state index in [0.717, 1.165) is 0 Å². The van der Waals surface area contributed by atoms with E-state index in [4.69, 9.17) is 0 Å². The van der Waals surface area contributed by atoms with Gasteiger partial charge in [0, 0.05) is 26.2 Å². The number of piperidine rings is 1. The summed E-state index contributed by atoms with van der Waals surface area (Å²) in [4.78, 5) is 96.4. The molecule has 52 heavy (non-hydrogen) atoms. The smallest absolute Gasteiger partial charge is 0.315 e. The molecule has 0 spiro atoms. The summed E-state index contributed by atoms with van der Waals surface area (Å²) in [6.07, 6.45) is 1.39. The second-order valence-corrected chi connectivity index (χ2v) is 16.9. The normalized spacial score (nSPS) is 20.7. The van der Waals surface area contributed by atoms with Crippen LogP contribution in [0.1, 0.15) is 93.2 Å². The van der Waals surface area contributed by atoms with Crippen molar-refractivity contribution >= 4 is 41.4 Å². The Morgan fingerprint density at radius 1 is 0.923 bits per heavy atom. The largest absolute Gasteiger partial charge is 0.347 e. The monoisotopic (exact) mass is 725 g/mol. The average molecular weight is 726 g/mol. The highest BCUT2D eigenvalue weighted by molar-refractivity contribution is 6.38. The van der Waals surface area contributed by atoms with Gasteiger partial charge >= 0.3 is 6.03 Å². The predicted molar refractivity (Wildman–Crippen MR) is 196 cm³/mol. The molecule has 1 heterocycles. The molecule has 288 valence electrons. The summed E-state index contributed by atoms with van der Waals surface area (Å²) < 4.78 is 0. The number of unbranched alkanes of at least 4 members (excludes halogenated alkanes) is 1. The van der Waals surface area contributed by atoms with Crippen molar-refractivity contribution in [3.05, 3.63) is 35.9 Å². The van der Waals surface area contributed by atoms with Gasteiger partial charge in [0.2, 0.25) is 29.4 Å². The number of carbonyl (C=O) groups excluding carboxylic acids is 7. The number of likely N-dealkylation sites (N-methyl/N-ethyl adjacent to an activating group) is 1. The number of fused-ring (bicyclic) bond motifs is 1. The maximum absolute atomic E-state index is 14.2. The van der Waals surface area contributed by atoms with E-state index in [2.05, 4.69) is 26.6 Å². The van der Waals surface area contributed by atoms with E-state index in [1.54, 1.807) is 44.4 Å². The van der Waals surface area contributed by atoms with E-state index in [1.807, 2.05) is 62.3 Å². The van der Waals surface area contributed by atoms with Gasteiger partial charge in [-0.3, -0.25) is 28.8 Å². The van der Waals surface area contributed by atoms with Crippen molar-refractivity contribution in [3.63, 3.8) is 0 Å². The molecule has 0 aromatic heterocycles. The van der Waals surface area contributed by atoms with Crippen molar-refractivity contribution in [2.24, 2.45) is 22.7 Å². The molecule has 3 rings (SSSR count). The Morgan fingerprint density at radius 2 is 1.54 bits per heavy atom. The van der Waals surface area contributed by atoms with Gasteiger partial charge in [0.15, 0.2) is 0 Å². The first-order chi connectivity index (χ1) is 24.0. The van der Waals surface area contributed by atoms with Gasteiger partial charge in [-0.1, -0.05) is 84.7 Å². The standard InChI is InChI=1S/C38H59N7O7/c1-12-13-19-24(29(47)32(49)39-20-25(46)41-27(33(50)44(10)11)22-17-15-14-16-18-22)40-31(48)28-26-23(38(26,8)9)21-45(28)34(51)30(36(2,3)4)42-35(52)43-37(5,6)7/h14-18,23-24,26-28,30H,12-13,19-21H2,1-11H3,(H,39,49)(H,40,48)(H,41,46)(H2,42,43,52)/t23-,24?,26?,27-,28-,30+/m0/s1. The number of Topliss-reactive ketones (excluding diaryl/α,β-unsaturated/α-hetero) is 1. The summed E-state index contributed by atoms with van der Waals surface area (Å²) in [6, 6.07) is 4.08. The third-order valence-electron chi connectivity index (χ3n) is 9.88. The van der Waals surface area contributed by atoms with Crippen LogP contribution in [0.4, 0.5) is 4.79 Å². The Hall–Kier alpha value is -4.49. The van der Waals surface area contributed by atoms with Gasteiger partial charge in [-0.05, 0) is 55.4 Å². The van der Waals surface area contributed by atoms with E-state index < -0.39 is 77.1 Å². The van der Waals surface area contributed by atoms with E-state index in [9.17, 15) is 33.6 Å². The molecular formula is C38H59N7O7. The highest BCUT2D eigenvalue weighted by Gasteiger charge is 2.70. The van der Waals surface area contributed by atoms with Gasteiger partial charge in [-0.25, -0.2) is 4.79 Å². The third kappa shape index (κ3) is 10.3. The van der Waals surface area contributed by atoms with Gasteiger partial charge in [-0.15, -0.1) is 0 Å². The van der Waals surface area contributed by atoms with Crippen molar-refractivity contribution < 1.29 is 33.6 Å². The second kappa shape index (κ2) is 16.5. The van der Waals surface area contributed by atoms with Crippen LogP contribution in [0.15, 0.2) is 30.3 Å². The molecule has 5 N–H and O–H groups in total. The van der Waals surface area contributed by atoms with Crippen molar-refractivity contribution in [1.82, 2.24) is 36.4 Å². The molecule has 1 aliphatic carbocycles. The average Bonchev–Trinajstić information content (AvgIpc) is 3.35. The minimum absolute atomic E-state index is 0.0434. The first-order valence-electron chi connectivity index (χ1n) is 18.1. The van der Waals surface area contributed by atoms with Crippen LogP contribution in [0, 0.1) is 22.7 Å². The molecular weight excluding hydrogens is 666 g/mol. The molecule has 0 bridgehead atoms. The summed E-state index contributed by atoms with van der Waals surface area (Å²) in [5, 5.41) is 13.4. The maximum Gasteiger partial charge on any atom is 0.315 e. The first-order valence-corrected chi connectivity index (χ1v) is 18.1. The number of likely N-dealkylation sites (tertiary alicyclic amines) is 1. The number of ketones is 1. The maximum atomic E-state index is 14.2. The highest BCUT2D eigenvalue weighted by Crippen LogP contribution is 2.65. The molecule has 1 saturated carbocycles. The molecule has 2 aliphatic rings. The zero-order chi connectivity index (χ0) is 39.3. The number of amides is 7. The molecule has 7 amide bonds. The number of urea groups is 1. The number of benzene rings is 1. The van der Waals surface area contributed by atoms with E-state index >= 15 is 0 Å². The Bertz CT molecular complexity index is 1510. The van der Waals surface area contributed by atoms with E-state index in [0.29, 0.717) is 24.9 Å². The topological polar surface area (TPSA) is 186 Å². The second-order valence-electron chi connectivity index (χ2n) is 16.9. The van der Waals surface area contributed by atoms with Crippen LogP contribution in [-0.4, -0.2) is 102 Å². The lowest BCUT2D eigenvalue weighted by atomic mass is 9.85. The molecule has 1 aliphatic heterocycles. The minimum Gasteiger partial charge on any atom is -0.347 e. The molecule has 6 atom stereocenters. The van der Waals surface area contributed by atoms with Gasteiger partial charge < -0.3 is 36.4 Å². The van der Waals surface area contributed by atoms with Crippen LogP contribution >= 0.6 is 0 Å². The lowest BCUT2D eigenvalue weighted by molar-refractivity contribution is -0.145. The van der Waals surface area contributed by atoms with Gasteiger partial charge in [0.1, 0.15) is 18.1 Å². The highest BCUT2D eigenvalue weighted by atomic mass is 16.2. The molecule has 1 aromatic carbocycles. The Balaban J connectivity index is 1.76. The predicted octanol–water partition coefficient (Wildman–Crippen LogP) is 2.29. The first kappa shape index (κ1) is 41.9. The Morgan fingerprint density at radius 3 is 2.08 bits per heavy atom. The van der Waals surface area contributed by atoms with Crippen LogP contribution in [-0.2, 0) is 28.8 Å². The van der Waals surface area contributed by atoms with Crippen LogP contribution < -0.4 is 26.6 Å². The van der Waals surface area contributed by atoms with Crippen molar-refractivity contribution in [2.45, 2.75) is 111 Å². The van der Waals surface area contributed by atoms with Gasteiger partial charge in [0.05, 0.1) is 12.6 Å². The summed E-state index contributed by atoms with van der Waals surface area (Å²) >= 11 is 0. The number of rotatable bonds is 14. The number of hydrogen-bond donors (Lipinski definition) is 5. The Labute approximate surface area is 307 Å². The number of hydrogen-bond acceptors (Lipinski definition) is 7. The fraction of sp³-hybridized carbons (Fsp3) is 0.658. The molecule has 14 nitrogen and oxygen atoms in total. The van der Waals surface area contributed by atoms with Crippen molar-refractivity contribution in [3.8, 4) is 0 Å². The SMILES string of the molecule is CCCCC(NC(=O)[C@@H]1C2[C@H](CN1C(=O)[C@@H](NC(=O)NC(C)(C)C)C(C)(C)C)C2(C)C)C(=O)C(=O)NCC(=O)N[C@H](C(=O)N(C)C)c1ccccc1. The molecule has 1 aromatic rings. The molecule has 2 unspecified atom stereocenters. The lowest BCUT2D eigenvalue weighted by Crippen LogP contribution is -2.62. The molecule has 0 radical (unpaired) electrons. The number of nitrogens with zero attached hydrogens (tertiary/aromatic N) is 2. The van der Waals surface area contributed by atoms with Crippen LogP contribution in [0.2, 0.25) is 0 Å². The van der Waals surface area contributed by atoms with Gasteiger partial charge in [0.25, 0.3) is 5.91 Å². The van der Waals surface area contributed by atoms with Crippen LogP contribution in [0.25, 0.3) is 0 Å². The minimum atomic E-state index is -1.20. The quantitative estimate of drug-likeness (QED) is 0.182. The number of nitrogens with one attached hydrogen (secondary N) is 5. The zero-order valence-electron chi connectivity index (χ0n) is 32.6. The van der Waals surface area contributed by atoms with Crippen molar-refractivity contribution in [2.75, 3.05) is 27.2 Å². The summed E-state index contributed by atoms with van der Waals surface area (Å²) in [6.45, 7) is 16.7. The summed E-state index contributed by atoms with van der Waals surface area (Å²) in [5.41, 5.74) is -0.909. The van der Waals surface area contributed by atoms with E-state index in [1.165, 1.54) is 9.80 Å². The Kier molecular flexibility index (Phi) is 13.3. The molecule has 1 saturated heterocycles. The van der Waals surface area contributed by atoms with Gasteiger partial charge in [-0.2, -0.15) is 0 Å². The van der Waals surface area contributed by atoms with Crippen LogP contribution in [0.5, 0.6) is 0 Å². The summed E-state index contributed by atoms with van der Waals surface area (Å²) in [5.74, 6) is -4.12. The number of carbonyl (C=O) groups is 7. The molecule has 2 fully saturated rings. The lowest BCUT2D eigenvalue weighted by Gasteiger charge is -2.38. The fourth-order valence-electron chi connectivity index (χ4n) is 6.88. The molecule has 14 heteroatoms. The van der Waals surface area contributed by atoms with Crippen molar-refractivity contribution in [1.29, 1.82) is 0 Å². The third-order valence-corrected chi connectivity index (χ3v) is 9.88. The summed E-state index contributed by atoms with van der Waals surface area (Å²) in [7, 11) is 3.13. The fourth-order valence-corrected chi connectivity index (χ4v) is 6.88. The zero-order valence-corrected chi connectivity index (χ0v) is 32.6. The van der Waals surface area contributed by atoms with E-state index in [-0.39, 0.29) is 29.6 Å². The van der Waals surface area contributed by atoms with Crippen LogP contribution in [0.3, 0.4) is 0 Å².